The number of carbonyl (C=O) groups excluding carboxylic acids is 1. The molecule has 1 aliphatic rings. The standard InChI is InChI=1S/C16H20N2O2/c1-16(15(19)20-2)7-9-18(11-16)10-12-4-3-5-14-13(12)6-8-17-14/h3-6,8,17H,7,9-11H2,1-2H3/t16-/m0/s1. The van der Waals surface area contributed by atoms with E-state index in [1.807, 2.05) is 13.1 Å². The molecule has 3 rings (SSSR count). The van der Waals surface area contributed by atoms with Gasteiger partial charge in [0.2, 0.25) is 0 Å². The number of hydrogen-bond donors (Lipinski definition) is 1. The molecule has 4 nitrogen and oxygen atoms in total. The van der Waals surface area contributed by atoms with Gasteiger partial charge in [-0.3, -0.25) is 9.69 Å². The number of fused-ring (bicyclic) bond motifs is 1. The van der Waals surface area contributed by atoms with Gasteiger partial charge in [-0.1, -0.05) is 12.1 Å². The number of likely N-dealkylation sites (tertiary alicyclic amines) is 1. The van der Waals surface area contributed by atoms with Gasteiger partial charge >= 0.3 is 5.97 Å². The highest BCUT2D eigenvalue weighted by molar-refractivity contribution is 5.82. The Morgan fingerprint density at radius 3 is 3.10 bits per heavy atom. The Balaban J connectivity index is 1.77. The molecule has 1 N–H and O–H groups in total. The molecule has 106 valence electrons. The topological polar surface area (TPSA) is 45.3 Å². The van der Waals surface area contributed by atoms with Crippen LogP contribution in [0, 0.1) is 5.41 Å². The Hall–Kier alpha value is -1.81. The van der Waals surface area contributed by atoms with Crippen molar-refractivity contribution in [2.75, 3.05) is 20.2 Å². The Bertz CT molecular complexity index is 634. The number of nitrogens with zero attached hydrogens (tertiary/aromatic N) is 1. The number of methoxy groups -OCH3 is 1. The fraction of sp³-hybridized carbons (Fsp3) is 0.438. The number of hydrogen-bond acceptors (Lipinski definition) is 3. The lowest BCUT2D eigenvalue weighted by Gasteiger charge is -2.22. The fourth-order valence-corrected chi connectivity index (χ4v) is 3.13. The maximum Gasteiger partial charge on any atom is 0.312 e. The Morgan fingerprint density at radius 1 is 1.45 bits per heavy atom. The summed E-state index contributed by atoms with van der Waals surface area (Å²) in [5.41, 5.74) is 2.11. The molecule has 1 aliphatic heterocycles. The van der Waals surface area contributed by atoms with Crippen LogP contribution in [0.5, 0.6) is 0 Å². The van der Waals surface area contributed by atoms with E-state index >= 15 is 0 Å². The molecule has 1 fully saturated rings. The summed E-state index contributed by atoms with van der Waals surface area (Å²) >= 11 is 0. The SMILES string of the molecule is COC(=O)[C@@]1(C)CCN(Cc2cccc3[nH]ccc23)C1. The molecule has 20 heavy (non-hydrogen) atoms. The average Bonchev–Trinajstić information content (AvgIpc) is 3.06. The van der Waals surface area contributed by atoms with Crippen molar-refractivity contribution < 1.29 is 9.53 Å². The van der Waals surface area contributed by atoms with Crippen LogP contribution in [0.1, 0.15) is 18.9 Å². The van der Waals surface area contributed by atoms with Crippen LogP contribution in [0.4, 0.5) is 0 Å². The first-order chi connectivity index (χ1) is 9.62. The first-order valence-electron chi connectivity index (χ1n) is 6.98. The zero-order chi connectivity index (χ0) is 14.2. The van der Waals surface area contributed by atoms with E-state index in [0.717, 1.165) is 31.6 Å². The zero-order valence-corrected chi connectivity index (χ0v) is 12.0. The van der Waals surface area contributed by atoms with Gasteiger partial charge in [-0.15, -0.1) is 0 Å². The highest BCUT2D eigenvalue weighted by Gasteiger charge is 2.41. The summed E-state index contributed by atoms with van der Waals surface area (Å²) < 4.78 is 4.92. The van der Waals surface area contributed by atoms with E-state index in [9.17, 15) is 4.79 Å². The summed E-state index contributed by atoms with van der Waals surface area (Å²) in [5.74, 6) is -0.0974. The molecule has 0 radical (unpaired) electrons. The summed E-state index contributed by atoms with van der Waals surface area (Å²) in [5, 5.41) is 1.26. The Morgan fingerprint density at radius 2 is 2.30 bits per heavy atom. The quantitative estimate of drug-likeness (QED) is 0.873. The maximum atomic E-state index is 11.9. The first kappa shape index (κ1) is 13.2. The van der Waals surface area contributed by atoms with E-state index in [0.29, 0.717) is 0 Å². The highest BCUT2D eigenvalue weighted by atomic mass is 16.5. The van der Waals surface area contributed by atoms with Gasteiger partial charge in [-0.25, -0.2) is 0 Å². The van der Waals surface area contributed by atoms with Crippen LogP contribution >= 0.6 is 0 Å². The molecule has 0 amide bonds. The van der Waals surface area contributed by atoms with Crippen molar-refractivity contribution in [3.8, 4) is 0 Å². The van der Waals surface area contributed by atoms with Crippen molar-refractivity contribution >= 4 is 16.9 Å². The van der Waals surface area contributed by atoms with Crippen molar-refractivity contribution in [1.82, 2.24) is 9.88 Å². The van der Waals surface area contributed by atoms with E-state index in [4.69, 9.17) is 4.74 Å². The normalized spacial score (nSPS) is 23.3. The summed E-state index contributed by atoms with van der Waals surface area (Å²) in [7, 11) is 1.47. The molecular weight excluding hydrogens is 252 g/mol. The molecule has 0 aliphatic carbocycles. The van der Waals surface area contributed by atoms with Crippen molar-refractivity contribution in [3.05, 3.63) is 36.0 Å². The lowest BCUT2D eigenvalue weighted by Crippen LogP contribution is -2.32. The number of benzene rings is 1. The molecule has 0 saturated carbocycles. The van der Waals surface area contributed by atoms with Crippen molar-refractivity contribution in [2.24, 2.45) is 5.41 Å². The van der Waals surface area contributed by atoms with Gasteiger partial charge in [0.15, 0.2) is 0 Å². The first-order valence-corrected chi connectivity index (χ1v) is 6.98. The molecule has 0 bridgehead atoms. The van der Waals surface area contributed by atoms with E-state index in [2.05, 4.69) is 34.1 Å². The molecule has 2 heterocycles. The van der Waals surface area contributed by atoms with Crippen LogP contribution in [-0.2, 0) is 16.1 Å². The molecule has 2 aromatic rings. The maximum absolute atomic E-state index is 11.9. The van der Waals surface area contributed by atoms with Crippen LogP contribution in [0.25, 0.3) is 10.9 Å². The van der Waals surface area contributed by atoms with Gasteiger partial charge in [-0.05, 0) is 37.6 Å². The van der Waals surface area contributed by atoms with Crippen LogP contribution in [0.3, 0.4) is 0 Å². The fourth-order valence-electron chi connectivity index (χ4n) is 3.13. The third-order valence-corrected chi connectivity index (χ3v) is 4.31. The number of carbonyl (C=O) groups is 1. The summed E-state index contributed by atoms with van der Waals surface area (Å²) in [4.78, 5) is 17.4. The number of ether oxygens (including phenoxy) is 1. The molecule has 1 aromatic heterocycles. The minimum Gasteiger partial charge on any atom is -0.469 e. The molecule has 1 atom stereocenters. The van der Waals surface area contributed by atoms with E-state index < -0.39 is 0 Å². The third-order valence-electron chi connectivity index (χ3n) is 4.31. The van der Waals surface area contributed by atoms with E-state index in [-0.39, 0.29) is 11.4 Å². The molecular formula is C16H20N2O2. The predicted molar refractivity (Wildman–Crippen MR) is 78.3 cm³/mol. The van der Waals surface area contributed by atoms with Crippen LogP contribution in [0.15, 0.2) is 30.5 Å². The molecule has 0 unspecified atom stereocenters. The second-order valence-corrected chi connectivity index (χ2v) is 5.87. The lowest BCUT2D eigenvalue weighted by atomic mass is 9.90. The summed E-state index contributed by atoms with van der Waals surface area (Å²) in [6.07, 6.45) is 2.83. The molecule has 1 saturated heterocycles. The van der Waals surface area contributed by atoms with Gasteiger partial charge < -0.3 is 9.72 Å². The lowest BCUT2D eigenvalue weighted by molar-refractivity contribution is -0.151. The zero-order valence-electron chi connectivity index (χ0n) is 12.0. The summed E-state index contributed by atoms with van der Waals surface area (Å²) in [6, 6.07) is 8.43. The predicted octanol–water partition coefficient (Wildman–Crippen LogP) is 2.55. The molecule has 4 heteroatoms. The van der Waals surface area contributed by atoms with Crippen molar-refractivity contribution in [2.45, 2.75) is 19.9 Å². The van der Waals surface area contributed by atoms with E-state index in [1.165, 1.54) is 18.1 Å². The number of rotatable bonds is 3. The van der Waals surface area contributed by atoms with Gasteiger partial charge in [0, 0.05) is 30.2 Å². The average molecular weight is 272 g/mol. The second kappa shape index (κ2) is 4.94. The number of aromatic amines is 1. The van der Waals surface area contributed by atoms with Crippen molar-refractivity contribution in [3.63, 3.8) is 0 Å². The van der Waals surface area contributed by atoms with Crippen LogP contribution in [0.2, 0.25) is 0 Å². The van der Waals surface area contributed by atoms with Crippen molar-refractivity contribution in [1.29, 1.82) is 0 Å². The minimum absolute atomic E-state index is 0.0974. The number of aromatic nitrogens is 1. The molecule has 0 spiro atoms. The smallest absolute Gasteiger partial charge is 0.312 e. The van der Waals surface area contributed by atoms with Crippen LogP contribution < -0.4 is 0 Å². The molecule has 1 aromatic carbocycles. The monoisotopic (exact) mass is 272 g/mol. The Kier molecular flexibility index (Phi) is 3.26. The highest BCUT2D eigenvalue weighted by Crippen LogP contribution is 2.32. The summed E-state index contributed by atoms with van der Waals surface area (Å²) in [6.45, 7) is 4.57. The number of H-pyrrole nitrogens is 1. The minimum atomic E-state index is -0.360. The largest absolute Gasteiger partial charge is 0.469 e. The van der Waals surface area contributed by atoms with E-state index in [1.54, 1.807) is 0 Å². The third kappa shape index (κ3) is 2.20. The number of esters is 1. The van der Waals surface area contributed by atoms with Gasteiger partial charge in [0.1, 0.15) is 0 Å². The van der Waals surface area contributed by atoms with Gasteiger partial charge in [0.25, 0.3) is 0 Å². The Labute approximate surface area is 118 Å². The second-order valence-electron chi connectivity index (χ2n) is 5.87. The van der Waals surface area contributed by atoms with Gasteiger partial charge in [0.05, 0.1) is 12.5 Å². The van der Waals surface area contributed by atoms with Gasteiger partial charge in [-0.2, -0.15) is 0 Å². The van der Waals surface area contributed by atoms with Crippen LogP contribution in [-0.4, -0.2) is 36.1 Å². The number of nitrogens with one attached hydrogen (secondary N) is 1.